The van der Waals surface area contributed by atoms with Gasteiger partial charge in [0.2, 0.25) is 6.29 Å². The SMILES string of the molecule is C=C1OC(c2ccc(C(=O)OC)nc2)OC1(C)C. The molecule has 5 heteroatoms. The van der Waals surface area contributed by atoms with E-state index in [9.17, 15) is 4.79 Å². The molecule has 0 bridgehead atoms. The number of hydrogen-bond acceptors (Lipinski definition) is 5. The van der Waals surface area contributed by atoms with E-state index in [1.54, 1.807) is 12.1 Å². The minimum atomic E-state index is -0.535. The molecule has 0 spiro atoms. The van der Waals surface area contributed by atoms with Gasteiger partial charge >= 0.3 is 5.97 Å². The number of carbonyl (C=O) groups excluding carboxylic acids is 1. The van der Waals surface area contributed by atoms with Crippen LogP contribution in [0.4, 0.5) is 0 Å². The minimum absolute atomic E-state index is 0.248. The second-order valence-corrected chi connectivity index (χ2v) is 4.47. The average molecular weight is 249 g/mol. The van der Waals surface area contributed by atoms with Crippen LogP contribution in [0.1, 0.15) is 36.2 Å². The van der Waals surface area contributed by atoms with E-state index in [1.165, 1.54) is 13.3 Å². The first-order valence-electron chi connectivity index (χ1n) is 5.52. The van der Waals surface area contributed by atoms with Gasteiger partial charge in [0.25, 0.3) is 0 Å². The van der Waals surface area contributed by atoms with Crippen LogP contribution in [0.25, 0.3) is 0 Å². The molecule has 1 fully saturated rings. The molecule has 5 nitrogen and oxygen atoms in total. The molecule has 1 aliphatic heterocycles. The van der Waals surface area contributed by atoms with E-state index in [1.807, 2.05) is 13.8 Å². The van der Waals surface area contributed by atoms with Crippen molar-refractivity contribution >= 4 is 5.97 Å². The molecule has 0 radical (unpaired) electrons. The van der Waals surface area contributed by atoms with Crippen molar-refractivity contribution in [1.82, 2.24) is 4.98 Å². The first kappa shape index (κ1) is 12.6. The molecule has 0 aromatic carbocycles. The third-order valence-electron chi connectivity index (χ3n) is 2.78. The zero-order chi connectivity index (χ0) is 13.3. The maximum Gasteiger partial charge on any atom is 0.356 e. The Morgan fingerprint density at radius 1 is 1.50 bits per heavy atom. The lowest BCUT2D eigenvalue weighted by molar-refractivity contribution is -0.0801. The van der Waals surface area contributed by atoms with Crippen molar-refractivity contribution < 1.29 is 19.0 Å². The van der Waals surface area contributed by atoms with Crippen LogP contribution in [-0.4, -0.2) is 23.7 Å². The molecule has 96 valence electrons. The molecule has 1 atom stereocenters. The molecule has 0 N–H and O–H groups in total. The fourth-order valence-corrected chi connectivity index (χ4v) is 1.53. The van der Waals surface area contributed by atoms with Crippen LogP contribution in [0.15, 0.2) is 30.7 Å². The van der Waals surface area contributed by atoms with Crippen molar-refractivity contribution in [1.29, 1.82) is 0 Å². The Labute approximate surface area is 105 Å². The summed E-state index contributed by atoms with van der Waals surface area (Å²) < 4.78 is 15.8. The summed E-state index contributed by atoms with van der Waals surface area (Å²) in [6.07, 6.45) is 0.998. The van der Waals surface area contributed by atoms with Gasteiger partial charge in [-0.1, -0.05) is 6.58 Å². The van der Waals surface area contributed by atoms with E-state index in [0.29, 0.717) is 5.76 Å². The highest BCUT2D eigenvalue weighted by molar-refractivity contribution is 5.86. The minimum Gasteiger partial charge on any atom is -0.464 e. The zero-order valence-corrected chi connectivity index (χ0v) is 10.6. The molecule has 1 aromatic heterocycles. The van der Waals surface area contributed by atoms with Gasteiger partial charge in [-0.2, -0.15) is 0 Å². The molecule has 0 aliphatic carbocycles. The molecule has 0 saturated carbocycles. The molecule has 2 heterocycles. The summed E-state index contributed by atoms with van der Waals surface area (Å²) >= 11 is 0. The van der Waals surface area contributed by atoms with Gasteiger partial charge in [-0.15, -0.1) is 0 Å². The smallest absolute Gasteiger partial charge is 0.356 e. The van der Waals surface area contributed by atoms with Crippen molar-refractivity contribution in [2.75, 3.05) is 7.11 Å². The summed E-state index contributed by atoms with van der Waals surface area (Å²) in [7, 11) is 1.31. The molecule has 1 aromatic rings. The maximum absolute atomic E-state index is 11.2. The standard InChI is InChI=1S/C13H15NO4/c1-8-13(2,3)18-12(17-8)9-5-6-10(14-7-9)11(15)16-4/h5-7,12H,1H2,2-4H3. The first-order chi connectivity index (χ1) is 8.44. The fraction of sp³-hybridized carbons (Fsp3) is 0.385. The predicted octanol–water partition coefficient (Wildman–Crippen LogP) is 2.21. The Morgan fingerprint density at radius 3 is 2.67 bits per heavy atom. The van der Waals surface area contributed by atoms with Crippen molar-refractivity contribution in [3.8, 4) is 0 Å². The third-order valence-corrected chi connectivity index (χ3v) is 2.78. The predicted molar refractivity (Wildman–Crippen MR) is 63.7 cm³/mol. The van der Waals surface area contributed by atoms with Gasteiger partial charge in [0.05, 0.1) is 7.11 Å². The Kier molecular flexibility index (Phi) is 3.09. The quantitative estimate of drug-likeness (QED) is 0.752. The van der Waals surface area contributed by atoms with Crippen LogP contribution in [0.2, 0.25) is 0 Å². The maximum atomic E-state index is 11.2. The fourth-order valence-electron chi connectivity index (χ4n) is 1.53. The molecule has 18 heavy (non-hydrogen) atoms. The van der Waals surface area contributed by atoms with E-state index >= 15 is 0 Å². The first-order valence-corrected chi connectivity index (χ1v) is 5.52. The number of nitrogens with zero attached hydrogens (tertiary/aromatic N) is 1. The number of methoxy groups -OCH3 is 1. The van der Waals surface area contributed by atoms with E-state index in [-0.39, 0.29) is 5.69 Å². The summed E-state index contributed by atoms with van der Waals surface area (Å²) in [5, 5.41) is 0. The summed E-state index contributed by atoms with van der Waals surface area (Å²) in [5.41, 5.74) is 0.456. The van der Waals surface area contributed by atoms with Gasteiger partial charge in [-0.05, 0) is 26.0 Å². The normalized spacial score (nSPS) is 21.5. The Bertz CT molecular complexity index is 478. The van der Waals surface area contributed by atoms with Crippen LogP contribution in [0.3, 0.4) is 0 Å². The lowest BCUT2D eigenvalue weighted by Gasteiger charge is -2.14. The Balaban J connectivity index is 2.17. The number of hydrogen-bond donors (Lipinski definition) is 0. The molecular formula is C13H15NO4. The van der Waals surface area contributed by atoms with Crippen molar-refractivity contribution in [3.05, 3.63) is 41.9 Å². The van der Waals surface area contributed by atoms with Gasteiger partial charge in [0.15, 0.2) is 0 Å². The van der Waals surface area contributed by atoms with E-state index in [2.05, 4.69) is 16.3 Å². The molecule has 1 unspecified atom stereocenters. The summed E-state index contributed by atoms with van der Waals surface area (Å²) in [5.74, 6) is 0.101. The molecular weight excluding hydrogens is 234 g/mol. The highest BCUT2D eigenvalue weighted by Gasteiger charge is 2.38. The van der Waals surface area contributed by atoms with Gasteiger partial charge in [0.1, 0.15) is 17.1 Å². The lowest BCUT2D eigenvalue weighted by Crippen LogP contribution is -2.19. The van der Waals surface area contributed by atoms with E-state index in [4.69, 9.17) is 9.47 Å². The number of pyridine rings is 1. The average Bonchev–Trinajstić information content (AvgIpc) is 2.63. The van der Waals surface area contributed by atoms with Gasteiger partial charge in [-0.3, -0.25) is 0 Å². The number of rotatable bonds is 2. The Hall–Kier alpha value is -1.88. The van der Waals surface area contributed by atoms with Crippen LogP contribution in [0, 0.1) is 0 Å². The van der Waals surface area contributed by atoms with Gasteiger partial charge in [-0.25, -0.2) is 9.78 Å². The zero-order valence-electron chi connectivity index (χ0n) is 10.6. The van der Waals surface area contributed by atoms with Crippen LogP contribution >= 0.6 is 0 Å². The number of ether oxygens (including phenoxy) is 3. The van der Waals surface area contributed by atoms with Gasteiger partial charge < -0.3 is 14.2 Å². The van der Waals surface area contributed by atoms with Crippen LogP contribution in [-0.2, 0) is 14.2 Å². The lowest BCUT2D eigenvalue weighted by atomic mass is 10.1. The van der Waals surface area contributed by atoms with Gasteiger partial charge in [0, 0.05) is 11.8 Å². The highest BCUT2D eigenvalue weighted by Crippen LogP contribution is 2.39. The Morgan fingerprint density at radius 2 is 2.22 bits per heavy atom. The highest BCUT2D eigenvalue weighted by atomic mass is 16.7. The second-order valence-electron chi connectivity index (χ2n) is 4.47. The van der Waals surface area contributed by atoms with Crippen molar-refractivity contribution in [2.24, 2.45) is 0 Å². The van der Waals surface area contributed by atoms with Crippen molar-refractivity contribution in [3.63, 3.8) is 0 Å². The monoisotopic (exact) mass is 249 g/mol. The number of esters is 1. The second kappa shape index (κ2) is 4.42. The number of carbonyl (C=O) groups is 1. The molecule has 0 amide bonds. The molecule has 1 aliphatic rings. The summed E-state index contributed by atoms with van der Waals surface area (Å²) in [6.45, 7) is 7.56. The number of aromatic nitrogens is 1. The topological polar surface area (TPSA) is 57.7 Å². The molecule has 1 saturated heterocycles. The summed E-state index contributed by atoms with van der Waals surface area (Å²) in [4.78, 5) is 15.2. The van der Waals surface area contributed by atoms with E-state index in [0.717, 1.165) is 5.56 Å². The molecule has 2 rings (SSSR count). The summed E-state index contributed by atoms with van der Waals surface area (Å²) in [6, 6.07) is 3.29. The van der Waals surface area contributed by atoms with Crippen LogP contribution < -0.4 is 0 Å². The largest absolute Gasteiger partial charge is 0.464 e. The van der Waals surface area contributed by atoms with Crippen LogP contribution in [0.5, 0.6) is 0 Å². The van der Waals surface area contributed by atoms with Crippen molar-refractivity contribution in [2.45, 2.75) is 25.7 Å². The third kappa shape index (κ3) is 2.22. The van der Waals surface area contributed by atoms with E-state index < -0.39 is 17.9 Å².